The number of hydrogen-bond acceptors (Lipinski definition) is 3. The van der Waals surface area contributed by atoms with E-state index < -0.39 is 5.92 Å². The largest absolute Gasteiger partial charge is 0.369 e. The SMILES string of the molecule is CCC(CC(C(N)=O)c1cccc(C(=O)c2ccccc2)c1)N(C)C. The van der Waals surface area contributed by atoms with Crippen LogP contribution in [0, 0.1) is 0 Å². The Hall–Kier alpha value is -2.46. The number of carbonyl (C=O) groups excluding carboxylic acids is 2. The molecule has 0 heterocycles. The third-order valence-electron chi connectivity index (χ3n) is 4.64. The van der Waals surface area contributed by atoms with Gasteiger partial charge in [-0.3, -0.25) is 9.59 Å². The molecule has 25 heavy (non-hydrogen) atoms. The Morgan fingerprint density at radius 3 is 2.20 bits per heavy atom. The lowest BCUT2D eigenvalue weighted by Gasteiger charge is -2.26. The van der Waals surface area contributed by atoms with Gasteiger partial charge in [0.05, 0.1) is 5.92 Å². The van der Waals surface area contributed by atoms with Gasteiger partial charge in [-0.25, -0.2) is 0 Å². The Morgan fingerprint density at radius 2 is 1.64 bits per heavy atom. The summed E-state index contributed by atoms with van der Waals surface area (Å²) in [4.78, 5) is 26.8. The molecule has 0 aliphatic rings. The minimum absolute atomic E-state index is 0.0506. The van der Waals surface area contributed by atoms with E-state index in [2.05, 4.69) is 11.8 Å². The topological polar surface area (TPSA) is 63.4 Å². The fourth-order valence-electron chi connectivity index (χ4n) is 3.08. The molecule has 2 aromatic carbocycles. The number of ketones is 1. The fraction of sp³-hybridized carbons (Fsp3) is 0.333. The van der Waals surface area contributed by atoms with Crippen molar-refractivity contribution < 1.29 is 9.59 Å². The van der Waals surface area contributed by atoms with Gasteiger partial charge in [-0.1, -0.05) is 55.5 Å². The lowest BCUT2D eigenvalue weighted by molar-refractivity contribution is -0.119. The lowest BCUT2D eigenvalue weighted by Crippen LogP contribution is -2.33. The highest BCUT2D eigenvalue weighted by molar-refractivity contribution is 6.09. The first-order valence-electron chi connectivity index (χ1n) is 8.59. The van der Waals surface area contributed by atoms with Gasteiger partial charge in [-0.15, -0.1) is 0 Å². The standard InChI is InChI=1S/C21H26N2O2/c1-4-18(23(2)3)14-19(21(22)25)16-11-8-12-17(13-16)20(24)15-9-6-5-7-10-15/h5-13,18-19H,4,14H2,1-3H3,(H2,22,25). The van der Waals surface area contributed by atoms with E-state index in [1.165, 1.54) is 0 Å². The minimum Gasteiger partial charge on any atom is -0.369 e. The summed E-state index contributed by atoms with van der Waals surface area (Å²) in [5, 5.41) is 0. The van der Waals surface area contributed by atoms with E-state index in [1.807, 2.05) is 44.4 Å². The maximum atomic E-state index is 12.7. The van der Waals surface area contributed by atoms with Gasteiger partial charge in [0.1, 0.15) is 0 Å². The number of primary amides is 1. The Morgan fingerprint density at radius 1 is 1.00 bits per heavy atom. The summed E-state index contributed by atoms with van der Waals surface area (Å²) in [7, 11) is 4.00. The second kappa shape index (κ2) is 8.58. The molecule has 0 bridgehead atoms. The Labute approximate surface area is 149 Å². The van der Waals surface area contributed by atoms with Crippen LogP contribution in [0.25, 0.3) is 0 Å². The first kappa shape index (κ1) is 18.9. The van der Waals surface area contributed by atoms with E-state index in [9.17, 15) is 9.59 Å². The highest BCUT2D eigenvalue weighted by Gasteiger charge is 2.24. The van der Waals surface area contributed by atoms with Gasteiger partial charge in [0.25, 0.3) is 0 Å². The highest BCUT2D eigenvalue weighted by atomic mass is 16.1. The van der Waals surface area contributed by atoms with Crippen LogP contribution in [0.2, 0.25) is 0 Å². The average Bonchev–Trinajstić information content (AvgIpc) is 2.62. The number of nitrogens with zero attached hydrogens (tertiary/aromatic N) is 1. The molecule has 4 nitrogen and oxygen atoms in total. The zero-order valence-corrected chi connectivity index (χ0v) is 15.1. The molecule has 0 aromatic heterocycles. The molecule has 2 aromatic rings. The average molecular weight is 338 g/mol. The monoisotopic (exact) mass is 338 g/mol. The molecule has 132 valence electrons. The Balaban J connectivity index is 2.31. The molecular formula is C21H26N2O2. The number of hydrogen-bond donors (Lipinski definition) is 1. The molecule has 0 radical (unpaired) electrons. The molecule has 1 amide bonds. The zero-order valence-electron chi connectivity index (χ0n) is 15.1. The van der Waals surface area contributed by atoms with Crippen LogP contribution in [-0.4, -0.2) is 36.7 Å². The number of rotatable bonds is 8. The normalized spacial score (nSPS) is 13.4. The van der Waals surface area contributed by atoms with Crippen molar-refractivity contribution in [2.75, 3.05) is 14.1 Å². The maximum absolute atomic E-state index is 12.7. The van der Waals surface area contributed by atoms with Gasteiger partial charge >= 0.3 is 0 Å². The van der Waals surface area contributed by atoms with E-state index in [4.69, 9.17) is 5.73 Å². The number of carbonyl (C=O) groups is 2. The van der Waals surface area contributed by atoms with Crippen molar-refractivity contribution in [2.45, 2.75) is 31.7 Å². The van der Waals surface area contributed by atoms with Crippen molar-refractivity contribution in [1.82, 2.24) is 4.90 Å². The van der Waals surface area contributed by atoms with Crippen LogP contribution < -0.4 is 5.73 Å². The zero-order chi connectivity index (χ0) is 18.4. The van der Waals surface area contributed by atoms with Gasteiger partial charge in [0.2, 0.25) is 5.91 Å². The van der Waals surface area contributed by atoms with Crippen molar-refractivity contribution in [2.24, 2.45) is 5.73 Å². The van der Waals surface area contributed by atoms with Crippen molar-refractivity contribution >= 4 is 11.7 Å². The smallest absolute Gasteiger partial charge is 0.225 e. The molecule has 0 saturated carbocycles. The van der Waals surface area contributed by atoms with Crippen LogP contribution in [0.4, 0.5) is 0 Å². The summed E-state index contributed by atoms with van der Waals surface area (Å²) in [5.74, 6) is -0.814. The van der Waals surface area contributed by atoms with Crippen molar-refractivity contribution in [3.8, 4) is 0 Å². The third kappa shape index (κ3) is 4.77. The van der Waals surface area contributed by atoms with Gasteiger partial charge < -0.3 is 10.6 Å². The molecule has 0 aliphatic heterocycles. The predicted octanol–water partition coefficient (Wildman–Crippen LogP) is 3.22. The fourth-order valence-corrected chi connectivity index (χ4v) is 3.08. The van der Waals surface area contributed by atoms with Crippen LogP contribution in [0.5, 0.6) is 0 Å². The summed E-state index contributed by atoms with van der Waals surface area (Å²) >= 11 is 0. The maximum Gasteiger partial charge on any atom is 0.225 e. The third-order valence-corrected chi connectivity index (χ3v) is 4.64. The van der Waals surface area contributed by atoms with Crippen LogP contribution in [0.3, 0.4) is 0 Å². The summed E-state index contributed by atoms with van der Waals surface area (Å²) in [6.07, 6.45) is 1.57. The van der Waals surface area contributed by atoms with E-state index in [1.54, 1.807) is 24.3 Å². The molecule has 2 unspecified atom stereocenters. The first-order chi connectivity index (χ1) is 11.9. The number of benzene rings is 2. The van der Waals surface area contributed by atoms with E-state index >= 15 is 0 Å². The molecule has 0 spiro atoms. The van der Waals surface area contributed by atoms with Crippen molar-refractivity contribution in [3.63, 3.8) is 0 Å². The van der Waals surface area contributed by atoms with Crippen molar-refractivity contribution in [1.29, 1.82) is 0 Å². The molecule has 0 fully saturated rings. The summed E-state index contributed by atoms with van der Waals surface area (Å²) < 4.78 is 0. The van der Waals surface area contributed by atoms with Crippen LogP contribution in [-0.2, 0) is 4.79 Å². The number of nitrogens with two attached hydrogens (primary N) is 1. The summed E-state index contributed by atoms with van der Waals surface area (Å²) in [6, 6.07) is 16.7. The van der Waals surface area contributed by atoms with E-state index in [0.29, 0.717) is 17.5 Å². The molecule has 0 aliphatic carbocycles. The van der Waals surface area contributed by atoms with E-state index in [-0.39, 0.29) is 17.7 Å². The minimum atomic E-state index is -0.407. The van der Waals surface area contributed by atoms with E-state index in [0.717, 1.165) is 12.0 Å². The summed E-state index contributed by atoms with van der Waals surface area (Å²) in [6.45, 7) is 2.10. The second-order valence-electron chi connectivity index (χ2n) is 6.54. The van der Waals surface area contributed by atoms with Gasteiger partial charge in [0.15, 0.2) is 5.78 Å². The summed E-state index contributed by atoms with van der Waals surface area (Å²) in [5.41, 5.74) is 7.68. The van der Waals surface area contributed by atoms with Gasteiger partial charge in [0, 0.05) is 17.2 Å². The van der Waals surface area contributed by atoms with Gasteiger partial charge in [-0.05, 0) is 38.6 Å². The first-order valence-corrected chi connectivity index (χ1v) is 8.59. The highest BCUT2D eigenvalue weighted by Crippen LogP contribution is 2.25. The number of amides is 1. The molecule has 4 heteroatoms. The predicted molar refractivity (Wildman–Crippen MR) is 101 cm³/mol. The molecule has 2 atom stereocenters. The Kier molecular flexibility index (Phi) is 6.48. The van der Waals surface area contributed by atoms with Crippen LogP contribution >= 0.6 is 0 Å². The molecule has 2 rings (SSSR count). The Bertz CT molecular complexity index is 726. The van der Waals surface area contributed by atoms with Crippen LogP contribution in [0.15, 0.2) is 54.6 Å². The van der Waals surface area contributed by atoms with Crippen LogP contribution in [0.1, 0.15) is 47.2 Å². The molecule has 2 N–H and O–H groups in total. The lowest BCUT2D eigenvalue weighted by atomic mass is 9.88. The van der Waals surface area contributed by atoms with Gasteiger partial charge in [-0.2, -0.15) is 0 Å². The van der Waals surface area contributed by atoms with Crippen molar-refractivity contribution in [3.05, 3.63) is 71.3 Å². The quantitative estimate of drug-likeness (QED) is 0.752. The second-order valence-corrected chi connectivity index (χ2v) is 6.54. The molecular weight excluding hydrogens is 312 g/mol. The molecule has 0 saturated heterocycles.